The van der Waals surface area contributed by atoms with Gasteiger partial charge in [0.15, 0.2) is 0 Å². The third kappa shape index (κ3) is 5.74. The predicted octanol–water partition coefficient (Wildman–Crippen LogP) is 14.1. The fraction of sp³-hybridized carbons (Fsp3) is 0.0400. The molecule has 53 heavy (non-hydrogen) atoms. The summed E-state index contributed by atoms with van der Waals surface area (Å²) in [6.45, 7) is 2.13. The van der Waals surface area contributed by atoms with Crippen molar-refractivity contribution in [1.29, 1.82) is 0 Å². The molecular formula is C50H37BrN2. The molecule has 0 spiro atoms. The van der Waals surface area contributed by atoms with Crippen LogP contribution >= 0.6 is 15.9 Å². The lowest BCUT2D eigenvalue weighted by Gasteiger charge is -2.34. The molecule has 8 aromatic carbocycles. The molecule has 0 saturated heterocycles. The first-order chi connectivity index (χ1) is 26.1. The van der Waals surface area contributed by atoms with E-state index < -0.39 is 5.41 Å². The van der Waals surface area contributed by atoms with Gasteiger partial charge < -0.3 is 9.80 Å². The third-order valence-corrected chi connectivity index (χ3v) is 10.9. The second-order valence-corrected chi connectivity index (χ2v) is 14.5. The van der Waals surface area contributed by atoms with Gasteiger partial charge in [-0.1, -0.05) is 161 Å². The van der Waals surface area contributed by atoms with Crippen LogP contribution in [0.4, 0.5) is 34.1 Å². The minimum atomic E-state index is -0.447. The van der Waals surface area contributed by atoms with Gasteiger partial charge in [-0.3, -0.25) is 0 Å². The number of aryl methyl sites for hydroxylation is 1. The predicted molar refractivity (Wildman–Crippen MR) is 226 cm³/mol. The molecule has 2 nitrogen and oxygen atoms in total. The fourth-order valence-corrected chi connectivity index (χ4v) is 8.60. The summed E-state index contributed by atoms with van der Waals surface area (Å²) in [5.74, 6) is 0. The van der Waals surface area contributed by atoms with Gasteiger partial charge in [0, 0.05) is 38.6 Å². The van der Waals surface area contributed by atoms with Crippen molar-refractivity contribution in [3.63, 3.8) is 0 Å². The van der Waals surface area contributed by atoms with Gasteiger partial charge >= 0.3 is 0 Å². The van der Waals surface area contributed by atoms with Crippen LogP contribution in [-0.2, 0) is 5.41 Å². The van der Waals surface area contributed by atoms with Crippen LogP contribution in [-0.4, -0.2) is 0 Å². The van der Waals surface area contributed by atoms with Crippen LogP contribution < -0.4 is 9.80 Å². The highest BCUT2D eigenvalue weighted by molar-refractivity contribution is 9.10. The summed E-state index contributed by atoms with van der Waals surface area (Å²) in [7, 11) is 0. The fourth-order valence-electron chi connectivity index (χ4n) is 8.14. The highest BCUT2D eigenvalue weighted by atomic mass is 79.9. The van der Waals surface area contributed by atoms with E-state index in [1.165, 1.54) is 38.9 Å². The molecule has 0 N–H and O–H groups in total. The van der Waals surface area contributed by atoms with E-state index in [4.69, 9.17) is 0 Å². The average Bonchev–Trinajstić information content (AvgIpc) is 3.51. The molecule has 0 aromatic heterocycles. The molecule has 8 aromatic rings. The Labute approximate surface area is 320 Å². The first kappa shape index (κ1) is 32.7. The number of benzene rings is 8. The lowest BCUT2D eigenvalue weighted by molar-refractivity contribution is 0.768. The summed E-state index contributed by atoms with van der Waals surface area (Å²) in [5.41, 5.74) is 14.9. The summed E-state index contributed by atoms with van der Waals surface area (Å²) in [6.07, 6.45) is 0. The van der Waals surface area contributed by atoms with Crippen molar-refractivity contribution in [2.24, 2.45) is 0 Å². The van der Waals surface area contributed by atoms with E-state index in [0.717, 1.165) is 38.6 Å². The molecule has 1 aliphatic rings. The van der Waals surface area contributed by atoms with E-state index in [2.05, 4.69) is 239 Å². The molecule has 3 heteroatoms. The summed E-state index contributed by atoms with van der Waals surface area (Å²) in [6, 6.07) is 74.7. The van der Waals surface area contributed by atoms with Gasteiger partial charge in [0.2, 0.25) is 0 Å². The maximum Gasteiger partial charge on any atom is 0.0713 e. The van der Waals surface area contributed by atoms with Crippen LogP contribution in [0.2, 0.25) is 0 Å². The molecule has 0 aliphatic heterocycles. The zero-order chi connectivity index (χ0) is 35.8. The number of nitrogens with zero attached hydrogens (tertiary/aromatic N) is 2. The highest BCUT2D eigenvalue weighted by Crippen LogP contribution is 2.57. The van der Waals surface area contributed by atoms with Crippen molar-refractivity contribution in [1.82, 2.24) is 0 Å². The van der Waals surface area contributed by atoms with Gasteiger partial charge in [0.05, 0.1) is 5.41 Å². The Bertz CT molecular complexity index is 2480. The number of halogens is 1. The Balaban J connectivity index is 1.26. The Morgan fingerprint density at radius 1 is 0.358 bits per heavy atom. The minimum Gasteiger partial charge on any atom is -0.310 e. The van der Waals surface area contributed by atoms with Gasteiger partial charge in [-0.15, -0.1) is 0 Å². The number of anilines is 6. The van der Waals surface area contributed by atoms with Gasteiger partial charge in [-0.2, -0.15) is 0 Å². The molecule has 0 fully saturated rings. The summed E-state index contributed by atoms with van der Waals surface area (Å²) in [5, 5.41) is 0. The Kier molecular flexibility index (Phi) is 8.50. The SMILES string of the molecule is Cc1ccc(N(c2ccccc2)c2cc(Br)cc(N(c3ccccc3)c3ccc4c(c3)-c3ccccc3C4(c3ccccc3)c3ccccc3)c2)cc1. The molecule has 9 rings (SSSR count). The van der Waals surface area contributed by atoms with Crippen molar-refractivity contribution in [2.75, 3.05) is 9.80 Å². The highest BCUT2D eigenvalue weighted by Gasteiger charge is 2.46. The quantitative estimate of drug-likeness (QED) is 0.153. The third-order valence-electron chi connectivity index (χ3n) is 10.4. The van der Waals surface area contributed by atoms with Crippen molar-refractivity contribution < 1.29 is 0 Å². The number of hydrogen-bond acceptors (Lipinski definition) is 2. The maximum absolute atomic E-state index is 3.94. The molecule has 254 valence electrons. The first-order valence-corrected chi connectivity index (χ1v) is 18.8. The Morgan fingerprint density at radius 2 is 0.792 bits per heavy atom. The Morgan fingerprint density at radius 3 is 1.36 bits per heavy atom. The van der Waals surface area contributed by atoms with Crippen LogP contribution in [0.5, 0.6) is 0 Å². The van der Waals surface area contributed by atoms with Crippen LogP contribution in [0.25, 0.3) is 11.1 Å². The maximum atomic E-state index is 3.94. The molecule has 0 heterocycles. The normalized spacial score (nSPS) is 12.5. The van der Waals surface area contributed by atoms with Crippen molar-refractivity contribution in [2.45, 2.75) is 12.3 Å². The summed E-state index contributed by atoms with van der Waals surface area (Å²) >= 11 is 3.94. The second kappa shape index (κ2) is 13.8. The molecule has 0 radical (unpaired) electrons. The summed E-state index contributed by atoms with van der Waals surface area (Å²) in [4.78, 5) is 4.70. The van der Waals surface area contributed by atoms with Gasteiger partial charge in [-0.05, 0) is 107 Å². The van der Waals surface area contributed by atoms with Gasteiger partial charge in [0.25, 0.3) is 0 Å². The average molecular weight is 746 g/mol. The molecule has 0 amide bonds. The number of fused-ring (bicyclic) bond motifs is 3. The van der Waals surface area contributed by atoms with Crippen molar-refractivity contribution in [3.8, 4) is 11.1 Å². The van der Waals surface area contributed by atoms with E-state index in [9.17, 15) is 0 Å². The molecular weight excluding hydrogens is 708 g/mol. The molecule has 1 aliphatic carbocycles. The van der Waals surface area contributed by atoms with E-state index in [0.29, 0.717) is 0 Å². The Hall–Kier alpha value is -6.16. The zero-order valence-electron chi connectivity index (χ0n) is 29.4. The van der Waals surface area contributed by atoms with Gasteiger partial charge in [0.1, 0.15) is 0 Å². The van der Waals surface area contributed by atoms with Crippen molar-refractivity contribution >= 4 is 50.1 Å². The summed E-state index contributed by atoms with van der Waals surface area (Å²) < 4.78 is 0.998. The van der Waals surface area contributed by atoms with Crippen molar-refractivity contribution in [3.05, 3.63) is 239 Å². The molecule has 0 saturated carbocycles. The molecule has 0 bridgehead atoms. The number of para-hydroxylation sites is 2. The molecule has 0 atom stereocenters. The van der Waals surface area contributed by atoms with E-state index >= 15 is 0 Å². The second-order valence-electron chi connectivity index (χ2n) is 13.6. The van der Waals surface area contributed by atoms with Gasteiger partial charge in [-0.25, -0.2) is 0 Å². The molecule has 0 unspecified atom stereocenters. The van der Waals surface area contributed by atoms with E-state index in [1.54, 1.807) is 0 Å². The van der Waals surface area contributed by atoms with Crippen LogP contribution in [0.15, 0.2) is 211 Å². The smallest absolute Gasteiger partial charge is 0.0713 e. The lowest BCUT2D eigenvalue weighted by Crippen LogP contribution is -2.28. The van der Waals surface area contributed by atoms with Crippen LogP contribution in [0.3, 0.4) is 0 Å². The number of hydrogen-bond donors (Lipinski definition) is 0. The first-order valence-electron chi connectivity index (χ1n) is 18.0. The number of rotatable bonds is 8. The minimum absolute atomic E-state index is 0.447. The van der Waals surface area contributed by atoms with E-state index in [-0.39, 0.29) is 0 Å². The monoisotopic (exact) mass is 744 g/mol. The van der Waals surface area contributed by atoms with Crippen LogP contribution in [0, 0.1) is 6.92 Å². The largest absolute Gasteiger partial charge is 0.310 e. The lowest BCUT2D eigenvalue weighted by atomic mass is 9.68. The van der Waals surface area contributed by atoms with E-state index in [1.807, 2.05) is 0 Å². The topological polar surface area (TPSA) is 6.48 Å². The van der Waals surface area contributed by atoms with Crippen LogP contribution in [0.1, 0.15) is 27.8 Å². The standard InChI is InChI=1S/C50H37BrN2/c1-36-26-28-42(29-27-36)52(40-20-10-4-11-21-40)44-32-39(51)33-45(34-44)53(41-22-12-5-13-23-41)43-30-31-49-47(35-43)46-24-14-15-25-48(46)50(49,37-16-6-2-7-17-37)38-18-8-3-9-19-38/h2-35H,1H3. The zero-order valence-corrected chi connectivity index (χ0v) is 31.0.